The number of aryl methyl sites for hydroxylation is 1. The van der Waals surface area contributed by atoms with Gasteiger partial charge in [-0.3, -0.25) is 4.79 Å². The van der Waals surface area contributed by atoms with Crippen molar-refractivity contribution in [2.45, 2.75) is 26.7 Å². The van der Waals surface area contributed by atoms with Crippen LogP contribution in [0.2, 0.25) is 0 Å². The topological polar surface area (TPSA) is 83.7 Å². The summed E-state index contributed by atoms with van der Waals surface area (Å²) in [7, 11) is -3.20. The van der Waals surface area contributed by atoms with Gasteiger partial charge in [-0.15, -0.1) is 0 Å². The van der Waals surface area contributed by atoms with E-state index in [4.69, 9.17) is 4.42 Å². The summed E-state index contributed by atoms with van der Waals surface area (Å²) < 4.78 is 31.0. The number of hydrogen-bond donors (Lipinski definition) is 0. The Bertz CT molecular complexity index is 875. The van der Waals surface area contributed by atoms with Crippen molar-refractivity contribution in [3.8, 4) is 0 Å². The zero-order valence-electron chi connectivity index (χ0n) is 14.6. The largest absolute Gasteiger partial charge is 0.441 e. The third kappa shape index (κ3) is 4.01. The Morgan fingerprint density at radius 3 is 2.80 bits per heavy atom. The maximum absolute atomic E-state index is 12.6. The third-order valence-corrected chi connectivity index (χ3v) is 6.36. The number of amides is 1. The summed E-state index contributed by atoms with van der Waals surface area (Å²) in [6.45, 7) is 5.29. The van der Waals surface area contributed by atoms with Gasteiger partial charge in [0.25, 0.3) is 0 Å². The molecule has 0 atom stereocenters. The highest BCUT2D eigenvalue weighted by Crippen LogP contribution is 2.18. The molecule has 136 valence electrons. The lowest BCUT2D eigenvalue weighted by Crippen LogP contribution is -2.38. The highest BCUT2D eigenvalue weighted by Gasteiger charge is 2.25. The number of carbonyl (C=O) groups is 1. The number of nitrogens with zero attached hydrogens (tertiary/aromatic N) is 3. The lowest BCUT2D eigenvalue weighted by Gasteiger charge is -2.21. The quantitative estimate of drug-likeness (QED) is 0.821. The minimum absolute atomic E-state index is 0.00586. The van der Waals surface area contributed by atoms with E-state index in [0.717, 1.165) is 11.1 Å². The maximum Gasteiger partial charge on any atom is 0.227 e. The van der Waals surface area contributed by atoms with E-state index in [0.29, 0.717) is 44.1 Å². The molecule has 0 saturated carbocycles. The SMILES string of the molecule is CCS(=O)(=O)N1CCCN(C(=O)Cc2ccc3nc(C)oc3c2)CC1. The normalized spacial score (nSPS) is 17.0. The van der Waals surface area contributed by atoms with Crippen LogP contribution in [0.5, 0.6) is 0 Å². The van der Waals surface area contributed by atoms with E-state index in [-0.39, 0.29) is 18.1 Å². The van der Waals surface area contributed by atoms with E-state index in [2.05, 4.69) is 4.98 Å². The molecule has 0 bridgehead atoms. The summed E-state index contributed by atoms with van der Waals surface area (Å²) in [6, 6.07) is 5.58. The van der Waals surface area contributed by atoms with Gasteiger partial charge < -0.3 is 9.32 Å². The van der Waals surface area contributed by atoms with Crippen LogP contribution < -0.4 is 0 Å². The molecule has 1 aromatic carbocycles. The van der Waals surface area contributed by atoms with Crippen molar-refractivity contribution >= 4 is 27.0 Å². The molecule has 7 nitrogen and oxygen atoms in total. The Balaban J connectivity index is 1.66. The van der Waals surface area contributed by atoms with Gasteiger partial charge in [-0.2, -0.15) is 0 Å². The van der Waals surface area contributed by atoms with Gasteiger partial charge in [0, 0.05) is 33.1 Å². The first-order valence-corrected chi connectivity index (χ1v) is 10.1. The summed E-state index contributed by atoms with van der Waals surface area (Å²) in [5, 5.41) is 0. The van der Waals surface area contributed by atoms with E-state index in [1.165, 1.54) is 4.31 Å². The molecular formula is C17H23N3O4S. The lowest BCUT2D eigenvalue weighted by atomic mass is 10.1. The molecule has 1 fully saturated rings. The summed E-state index contributed by atoms with van der Waals surface area (Å²) >= 11 is 0. The minimum atomic E-state index is -3.20. The van der Waals surface area contributed by atoms with Gasteiger partial charge in [0.1, 0.15) is 5.52 Å². The van der Waals surface area contributed by atoms with Gasteiger partial charge in [-0.05, 0) is 31.0 Å². The summed E-state index contributed by atoms with van der Waals surface area (Å²) in [5.74, 6) is 0.701. The highest BCUT2D eigenvalue weighted by atomic mass is 32.2. The molecule has 0 radical (unpaired) electrons. The number of sulfonamides is 1. The van der Waals surface area contributed by atoms with Crippen LogP contribution in [0.3, 0.4) is 0 Å². The van der Waals surface area contributed by atoms with Crippen LogP contribution in [0.1, 0.15) is 24.8 Å². The highest BCUT2D eigenvalue weighted by molar-refractivity contribution is 7.89. The fraction of sp³-hybridized carbons (Fsp3) is 0.529. The van der Waals surface area contributed by atoms with Crippen molar-refractivity contribution in [2.24, 2.45) is 0 Å². The zero-order valence-corrected chi connectivity index (χ0v) is 15.4. The molecule has 1 amide bonds. The average Bonchev–Trinajstić information content (AvgIpc) is 2.79. The fourth-order valence-corrected chi connectivity index (χ4v) is 4.22. The van der Waals surface area contributed by atoms with Crippen LogP contribution in [0.25, 0.3) is 11.1 Å². The van der Waals surface area contributed by atoms with Crippen LogP contribution in [0.4, 0.5) is 0 Å². The number of hydrogen-bond acceptors (Lipinski definition) is 5. The van der Waals surface area contributed by atoms with Gasteiger partial charge in [-0.25, -0.2) is 17.7 Å². The summed E-state index contributed by atoms with van der Waals surface area (Å²) in [5.41, 5.74) is 2.33. The number of rotatable bonds is 4. The number of aromatic nitrogens is 1. The number of carbonyl (C=O) groups excluding carboxylic acids is 1. The van der Waals surface area contributed by atoms with Crippen molar-refractivity contribution < 1.29 is 17.6 Å². The molecule has 0 unspecified atom stereocenters. The van der Waals surface area contributed by atoms with Crippen LogP contribution in [-0.4, -0.2) is 60.4 Å². The van der Waals surface area contributed by atoms with E-state index >= 15 is 0 Å². The summed E-state index contributed by atoms with van der Waals surface area (Å²) in [6.07, 6.45) is 0.932. The van der Waals surface area contributed by atoms with Crippen molar-refractivity contribution in [3.05, 3.63) is 29.7 Å². The van der Waals surface area contributed by atoms with Gasteiger partial charge in [0.2, 0.25) is 15.9 Å². The molecule has 2 heterocycles. The second-order valence-electron chi connectivity index (χ2n) is 6.25. The van der Waals surface area contributed by atoms with E-state index in [1.807, 2.05) is 18.2 Å². The first-order chi connectivity index (χ1) is 11.9. The minimum Gasteiger partial charge on any atom is -0.441 e. The van der Waals surface area contributed by atoms with E-state index in [1.54, 1.807) is 18.7 Å². The van der Waals surface area contributed by atoms with Crippen LogP contribution in [0.15, 0.2) is 22.6 Å². The predicted molar refractivity (Wildman–Crippen MR) is 94.7 cm³/mol. The van der Waals surface area contributed by atoms with E-state index in [9.17, 15) is 13.2 Å². The Morgan fingerprint density at radius 2 is 2.04 bits per heavy atom. The molecule has 1 aliphatic rings. The second-order valence-corrected chi connectivity index (χ2v) is 8.50. The molecule has 1 saturated heterocycles. The molecule has 8 heteroatoms. The van der Waals surface area contributed by atoms with E-state index < -0.39 is 10.0 Å². The number of fused-ring (bicyclic) bond motifs is 1. The van der Waals surface area contributed by atoms with Crippen molar-refractivity contribution in [3.63, 3.8) is 0 Å². The molecule has 0 N–H and O–H groups in total. The summed E-state index contributed by atoms with van der Waals surface area (Å²) in [4.78, 5) is 18.6. The van der Waals surface area contributed by atoms with Gasteiger partial charge in [-0.1, -0.05) is 6.07 Å². The van der Waals surface area contributed by atoms with Crippen LogP contribution in [-0.2, 0) is 21.2 Å². The molecule has 1 aliphatic heterocycles. The standard InChI is InChI=1S/C17H23N3O4S/c1-3-25(22,23)20-8-4-7-19(9-10-20)17(21)12-14-5-6-15-16(11-14)24-13(2)18-15/h5-6,11H,3-4,7-10,12H2,1-2H3. The first-order valence-electron chi connectivity index (χ1n) is 8.50. The Hall–Kier alpha value is -1.93. The Kier molecular flexibility index (Phi) is 5.10. The van der Waals surface area contributed by atoms with Crippen LogP contribution in [0, 0.1) is 6.92 Å². The Labute approximate surface area is 147 Å². The molecule has 1 aromatic heterocycles. The molecular weight excluding hydrogens is 342 g/mol. The fourth-order valence-electron chi connectivity index (χ4n) is 3.08. The molecule has 0 spiro atoms. The smallest absolute Gasteiger partial charge is 0.227 e. The molecule has 25 heavy (non-hydrogen) atoms. The molecule has 3 rings (SSSR count). The van der Waals surface area contributed by atoms with Gasteiger partial charge in [0.15, 0.2) is 11.5 Å². The lowest BCUT2D eigenvalue weighted by molar-refractivity contribution is -0.130. The maximum atomic E-state index is 12.6. The number of benzene rings is 1. The van der Waals surface area contributed by atoms with Gasteiger partial charge in [0.05, 0.1) is 12.2 Å². The first kappa shape index (κ1) is 17.9. The average molecular weight is 365 g/mol. The van der Waals surface area contributed by atoms with Crippen molar-refractivity contribution in [2.75, 3.05) is 31.9 Å². The monoisotopic (exact) mass is 365 g/mol. The predicted octanol–water partition coefficient (Wildman–Crippen LogP) is 1.56. The zero-order chi connectivity index (χ0) is 18.0. The van der Waals surface area contributed by atoms with Crippen LogP contribution >= 0.6 is 0 Å². The van der Waals surface area contributed by atoms with Crippen molar-refractivity contribution in [1.82, 2.24) is 14.2 Å². The second kappa shape index (κ2) is 7.13. The Morgan fingerprint density at radius 1 is 1.24 bits per heavy atom. The van der Waals surface area contributed by atoms with Gasteiger partial charge >= 0.3 is 0 Å². The number of oxazole rings is 1. The molecule has 2 aromatic rings. The third-order valence-electron chi connectivity index (χ3n) is 4.48. The molecule has 0 aliphatic carbocycles. The van der Waals surface area contributed by atoms with Crippen molar-refractivity contribution in [1.29, 1.82) is 0 Å².